The summed E-state index contributed by atoms with van der Waals surface area (Å²) in [5.74, 6) is -0.610. The van der Waals surface area contributed by atoms with Crippen molar-refractivity contribution in [1.29, 1.82) is 0 Å². The van der Waals surface area contributed by atoms with Gasteiger partial charge in [-0.2, -0.15) is 0 Å². The molecule has 0 saturated heterocycles. The van der Waals surface area contributed by atoms with Gasteiger partial charge in [-0.25, -0.2) is 9.18 Å². The highest BCUT2D eigenvalue weighted by Crippen LogP contribution is 2.55. The van der Waals surface area contributed by atoms with Crippen LogP contribution in [0.15, 0.2) is 60.7 Å². The fourth-order valence-electron chi connectivity index (χ4n) is 4.40. The molecule has 3 aromatic carbocycles. The number of nitrogens with zero attached hydrogens (tertiary/aromatic N) is 1. The monoisotopic (exact) mass is 389 g/mol. The number of ether oxygens (including phenoxy) is 2. The van der Waals surface area contributed by atoms with Crippen LogP contribution in [0.1, 0.15) is 51.7 Å². The molecule has 29 heavy (non-hydrogen) atoms. The summed E-state index contributed by atoms with van der Waals surface area (Å²) < 4.78 is 24.8. The van der Waals surface area contributed by atoms with Crippen molar-refractivity contribution in [3.05, 3.63) is 94.3 Å². The second kappa shape index (κ2) is 6.71. The number of hydrogen-bond acceptors (Lipinski definition) is 4. The van der Waals surface area contributed by atoms with Crippen molar-refractivity contribution in [2.24, 2.45) is 0 Å². The minimum Gasteiger partial charge on any atom is -0.465 e. The maximum Gasteiger partial charge on any atom is 0.337 e. The number of anilines is 2. The van der Waals surface area contributed by atoms with E-state index in [1.807, 2.05) is 25.1 Å². The molecule has 3 aromatic rings. The van der Waals surface area contributed by atoms with E-state index in [9.17, 15) is 9.18 Å². The van der Waals surface area contributed by atoms with Crippen LogP contribution >= 0.6 is 0 Å². The molecule has 0 amide bonds. The molecule has 0 spiro atoms. The summed E-state index contributed by atoms with van der Waals surface area (Å²) in [6.07, 6.45) is -0.323. The van der Waals surface area contributed by atoms with Gasteiger partial charge in [0.1, 0.15) is 18.0 Å². The van der Waals surface area contributed by atoms with E-state index in [4.69, 9.17) is 9.47 Å². The molecule has 5 rings (SSSR count). The second-order valence-electron chi connectivity index (χ2n) is 7.27. The molecule has 2 aliphatic rings. The third kappa shape index (κ3) is 2.73. The Balaban J connectivity index is 1.54. The Bertz CT molecular complexity index is 1130. The van der Waals surface area contributed by atoms with Crippen LogP contribution in [0.2, 0.25) is 0 Å². The van der Waals surface area contributed by atoms with Gasteiger partial charge in [-0.1, -0.05) is 18.2 Å². The SMILES string of the molecule is CCN(c1cccc(F)c1)c1ccc2c(c1)[C@H]1O[C@@H]2c2ccc(C(=O)OC)cc21. The highest BCUT2D eigenvalue weighted by atomic mass is 19.1. The third-order valence-corrected chi connectivity index (χ3v) is 5.73. The van der Waals surface area contributed by atoms with E-state index >= 15 is 0 Å². The highest BCUT2D eigenvalue weighted by Gasteiger charge is 2.43. The van der Waals surface area contributed by atoms with Crippen LogP contribution in [0.3, 0.4) is 0 Å². The van der Waals surface area contributed by atoms with Gasteiger partial charge >= 0.3 is 5.97 Å². The lowest BCUT2D eigenvalue weighted by molar-refractivity contribution is 0.0600. The molecule has 2 atom stereocenters. The van der Waals surface area contributed by atoms with Crippen LogP contribution in [-0.4, -0.2) is 19.6 Å². The molecule has 4 nitrogen and oxygen atoms in total. The Kier molecular flexibility index (Phi) is 4.14. The van der Waals surface area contributed by atoms with E-state index in [0.29, 0.717) is 12.1 Å². The maximum absolute atomic E-state index is 13.7. The van der Waals surface area contributed by atoms with E-state index in [-0.39, 0.29) is 24.0 Å². The van der Waals surface area contributed by atoms with Gasteiger partial charge < -0.3 is 14.4 Å². The van der Waals surface area contributed by atoms with Crippen molar-refractivity contribution in [3.8, 4) is 0 Å². The molecule has 0 aliphatic carbocycles. The zero-order chi connectivity index (χ0) is 20.1. The van der Waals surface area contributed by atoms with Crippen LogP contribution < -0.4 is 4.90 Å². The Hall–Kier alpha value is -3.18. The predicted molar refractivity (Wildman–Crippen MR) is 108 cm³/mol. The Labute approximate surface area is 168 Å². The summed E-state index contributed by atoms with van der Waals surface area (Å²) in [5.41, 5.74) is 6.67. The summed E-state index contributed by atoms with van der Waals surface area (Å²) in [5, 5.41) is 0. The van der Waals surface area contributed by atoms with Crippen LogP contribution in [-0.2, 0) is 9.47 Å². The molecule has 2 aliphatic heterocycles. The second-order valence-corrected chi connectivity index (χ2v) is 7.27. The van der Waals surface area contributed by atoms with Gasteiger partial charge in [0.05, 0.1) is 12.7 Å². The minimum absolute atomic E-state index is 0.116. The molecule has 0 radical (unpaired) electrons. The summed E-state index contributed by atoms with van der Waals surface area (Å²) in [4.78, 5) is 14.0. The summed E-state index contributed by atoms with van der Waals surface area (Å²) in [6.45, 7) is 2.75. The van der Waals surface area contributed by atoms with Gasteiger partial charge in [-0.15, -0.1) is 0 Å². The van der Waals surface area contributed by atoms with Gasteiger partial charge in [0.2, 0.25) is 0 Å². The third-order valence-electron chi connectivity index (χ3n) is 5.73. The number of esters is 1. The Morgan fingerprint density at radius 1 is 0.966 bits per heavy atom. The number of carbonyl (C=O) groups excluding carboxylic acids is 1. The number of rotatable bonds is 4. The standard InChI is InChI=1S/C24H20FNO3/c1-3-26(16-6-4-5-15(25)12-16)17-8-10-19-21(13-17)23-20-11-14(24(27)28-2)7-9-18(20)22(19)29-23/h4-13,22-23H,3H2,1-2H3/t22-,23+/m1/s1. The first-order chi connectivity index (χ1) is 14.1. The van der Waals surface area contributed by atoms with Crippen LogP contribution in [0, 0.1) is 5.82 Å². The predicted octanol–water partition coefficient (Wildman–Crippen LogP) is 5.29. The highest BCUT2D eigenvalue weighted by molar-refractivity contribution is 5.90. The molecular formula is C24H20FNO3. The first-order valence-corrected chi connectivity index (χ1v) is 9.65. The lowest BCUT2D eigenvalue weighted by atomic mass is 9.85. The molecular weight excluding hydrogens is 369 g/mol. The molecule has 2 heterocycles. The topological polar surface area (TPSA) is 38.8 Å². The van der Waals surface area contributed by atoms with Crippen molar-refractivity contribution in [2.75, 3.05) is 18.6 Å². The molecule has 0 saturated carbocycles. The van der Waals surface area contributed by atoms with Crippen molar-refractivity contribution in [3.63, 3.8) is 0 Å². The van der Waals surface area contributed by atoms with E-state index in [0.717, 1.165) is 33.6 Å². The van der Waals surface area contributed by atoms with E-state index < -0.39 is 0 Å². The molecule has 0 unspecified atom stereocenters. The molecule has 146 valence electrons. The maximum atomic E-state index is 13.7. The summed E-state index contributed by atoms with van der Waals surface area (Å²) in [7, 11) is 1.38. The lowest BCUT2D eigenvalue weighted by Crippen LogP contribution is -2.17. The fourth-order valence-corrected chi connectivity index (χ4v) is 4.40. The number of fused-ring (bicyclic) bond motifs is 8. The molecule has 2 bridgehead atoms. The van der Waals surface area contributed by atoms with E-state index in [1.165, 1.54) is 19.2 Å². The van der Waals surface area contributed by atoms with Crippen molar-refractivity contribution < 1.29 is 18.7 Å². The first-order valence-electron chi connectivity index (χ1n) is 9.65. The largest absolute Gasteiger partial charge is 0.465 e. The quantitative estimate of drug-likeness (QED) is 0.568. The van der Waals surface area contributed by atoms with E-state index in [1.54, 1.807) is 12.1 Å². The smallest absolute Gasteiger partial charge is 0.337 e. The number of carbonyl (C=O) groups is 1. The molecule has 0 N–H and O–H groups in total. The Morgan fingerprint density at radius 2 is 1.66 bits per heavy atom. The Morgan fingerprint density at radius 3 is 2.38 bits per heavy atom. The van der Waals surface area contributed by atoms with Crippen molar-refractivity contribution in [2.45, 2.75) is 19.1 Å². The zero-order valence-electron chi connectivity index (χ0n) is 16.2. The van der Waals surface area contributed by atoms with Crippen molar-refractivity contribution in [1.82, 2.24) is 0 Å². The van der Waals surface area contributed by atoms with Crippen molar-refractivity contribution >= 4 is 17.3 Å². The average Bonchev–Trinajstić information content (AvgIpc) is 3.30. The van der Waals surface area contributed by atoms with E-state index in [2.05, 4.69) is 23.1 Å². The van der Waals surface area contributed by atoms with Gasteiger partial charge in [0.25, 0.3) is 0 Å². The lowest BCUT2D eigenvalue weighted by Gasteiger charge is -2.25. The fraction of sp³-hybridized carbons (Fsp3) is 0.208. The summed E-state index contributed by atoms with van der Waals surface area (Å²) in [6, 6.07) is 18.5. The summed E-state index contributed by atoms with van der Waals surface area (Å²) >= 11 is 0. The normalized spacial score (nSPS) is 18.3. The number of hydrogen-bond donors (Lipinski definition) is 0. The van der Waals surface area contributed by atoms with Crippen LogP contribution in [0.25, 0.3) is 0 Å². The van der Waals surface area contributed by atoms with Crippen LogP contribution in [0.5, 0.6) is 0 Å². The van der Waals surface area contributed by atoms with Gasteiger partial charge in [0, 0.05) is 17.9 Å². The molecule has 0 aromatic heterocycles. The zero-order valence-corrected chi connectivity index (χ0v) is 16.2. The van der Waals surface area contributed by atoms with Gasteiger partial charge in [-0.05, 0) is 71.6 Å². The number of methoxy groups -OCH3 is 1. The number of halogens is 1. The van der Waals surface area contributed by atoms with Gasteiger partial charge in [0.15, 0.2) is 0 Å². The minimum atomic E-state index is -0.354. The first kappa shape index (κ1) is 17.9. The molecule has 0 fully saturated rings. The molecule has 5 heteroatoms. The average molecular weight is 389 g/mol. The van der Waals surface area contributed by atoms with Gasteiger partial charge in [-0.3, -0.25) is 0 Å². The number of benzene rings is 3. The van der Waals surface area contributed by atoms with Crippen LogP contribution in [0.4, 0.5) is 15.8 Å².